The monoisotopic (exact) mass is 440 g/mol. The standard InChI is InChI=1S/C20H20N6O6/c1-24-18-17(19(28)25(2)20(24)29)26(9-22-18)8-16(27)21-7-12-6-14(32-23-12)11-3-4-13-15(5-11)31-10-30-13/h3-6,9,17-18H,7-8,10H2,1-2H3,(H,21,27). The van der Waals surface area contributed by atoms with Crippen molar-refractivity contribution in [3.63, 3.8) is 0 Å². The minimum atomic E-state index is -0.724. The summed E-state index contributed by atoms with van der Waals surface area (Å²) in [5.74, 6) is 1.12. The Morgan fingerprint density at radius 1 is 1.19 bits per heavy atom. The van der Waals surface area contributed by atoms with Gasteiger partial charge in [-0.05, 0) is 18.2 Å². The molecule has 1 saturated heterocycles. The molecule has 2 atom stereocenters. The zero-order valence-corrected chi connectivity index (χ0v) is 17.3. The molecule has 0 saturated carbocycles. The van der Waals surface area contributed by atoms with Gasteiger partial charge in [-0.3, -0.25) is 14.5 Å². The molecule has 32 heavy (non-hydrogen) atoms. The van der Waals surface area contributed by atoms with Crippen molar-refractivity contribution in [1.82, 2.24) is 25.2 Å². The maximum Gasteiger partial charge on any atom is 0.328 e. The van der Waals surface area contributed by atoms with Crippen molar-refractivity contribution < 1.29 is 28.4 Å². The first kappa shape index (κ1) is 19.8. The number of aromatic nitrogens is 1. The van der Waals surface area contributed by atoms with Crippen molar-refractivity contribution in [3.8, 4) is 22.8 Å². The van der Waals surface area contributed by atoms with Crippen molar-refractivity contribution in [2.75, 3.05) is 27.4 Å². The van der Waals surface area contributed by atoms with E-state index in [0.717, 1.165) is 10.5 Å². The SMILES string of the molecule is CN1C(=O)C2C(N=CN2CC(=O)NCc2cc(-c3ccc4c(c3)OCO4)on2)N(C)C1=O. The number of nitrogens with one attached hydrogen (secondary N) is 1. The Hall–Kier alpha value is -4.09. The lowest BCUT2D eigenvalue weighted by atomic mass is 10.1. The molecule has 3 aliphatic rings. The van der Waals surface area contributed by atoms with E-state index in [0.29, 0.717) is 23.0 Å². The predicted octanol–water partition coefficient (Wildman–Crippen LogP) is 0.249. The minimum absolute atomic E-state index is 0.0842. The van der Waals surface area contributed by atoms with Gasteiger partial charge in [0.15, 0.2) is 29.5 Å². The summed E-state index contributed by atoms with van der Waals surface area (Å²) in [6, 6.07) is 6.00. The van der Waals surface area contributed by atoms with Crippen LogP contribution in [0.1, 0.15) is 5.69 Å². The van der Waals surface area contributed by atoms with Crippen LogP contribution in [0, 0.1) is 0 Å². The second kappa shape index (κ2) is 7.55. The molecule has 2 aromatic rings. The molecule has 4 heterocycles. The average Bonchev–Trinajstić information content (AvgIpc) is 3.53. The van der Waals surface area contributed by atoms with Crippen LogP contribution in [0.4, 0.5) is 4.79 Å². The fourth-order valence-electron chi connectivity index (χ4n) is 3.83. The molecule has 166 valence electrons. The molecule has 1 aromatic heterocycles. The number of carbonyl (C=O) groups is 3. The highest BCUT2D eigenvalue weighted by atomic mass is 16.7. The van der Waals surface area contributed by atoms with Crippen LogP contribution in [0.5, 0.6) is 11.5 Å². The zero-order chi connectivity index (χ0) is 22.4. The number of likely N-dealkylation sites (N-methyl/N-ethyl adjacent to an activating group) is 2. The van der Waals surface area contributed by atoms with E-state index in [1.165, 1.54) is 23.2 Å². The Labute approximate surface area is 182 Å². The molecule has 0 spiro atoms. The quantitative estimate of drug-likeness (QED) is 0.700. The van der Waals surface area contributed by atoms with Gasteiger partial charge in [-0.25, -0.2) is 9.79 Å². The lowest BCUT2D eigenvalue weighted by molar-refractivity contribution is -0.136. The number of amides is 4. The molecule has 2 unspecified atom stereocenters. The Morgan fingerprint density at radius 3 is 2.84 bits per heavy atom. The highest BCUT2D eigenvalue weighted by Gasteiger charge is 2.48. The van der Waals surface area contributed by atoms with Crippen LogP contribution in [-0.2, 0) is 16.1 Å². The lowest BCUT2D eigenvalue weighted by Crippen LogP contribution is -2.64. The van der Waals surface area contributed by atoms with Gasteiger partial charge in [0.1, 0.15) is 5.69 Å². The highest BCUT2D eigenvalue weighted by molar-refractivity contribution is 6.02. The number of rotatable bonds is 5. The largest absolute Gasteiger partial charge is 0.454 e. The Kier molecular flexibility index (Phi) is 4.68. The third-order valence-corrected chi connectivity index (χ3v) is 5.59. The van der Waals surface area contributed by atoms with Crippen molar-refractivity contribution in [2.24, 2.45) is 4.99 Å². The summed E-state index contributed by atoms with van der Waals surface area (Å²) in [5, 5.41) is 6.75. The molecule has 0 radical (unpaired) electrons. The maximum absolute atomic E-state index is 12.5. The average molecular weight is 440 g/mol. The van der Waals surface area contributed by atoms with E-state index in [-0.39, 0.29) is 25.8 Å². The van der Waals surface area contributed by atoms with E-state index in [4.69, 9.17) is 14.0 Å². The van der Waals surface area contributed by atoms with Crippen LogP contribution in [0.25, 0.3) is 11.3 Å². The van der Waals surface area contributed by atoms with Crippen LogP contribution in [-0.4, -0.2) is 83.7 Å². The number of aliphatic imine (C=N–C) groups is 1. The van der Waals surface area contributed by atoms with Crippen molar-refractivity contribution >= 4 is 24.2 Å². The second-order valence-corrected chi connectivity index (χ2v) is 7.61. The van der Waals surface area contributed by atoms with Gasteiger partial charge < -0.3 is 29.1 Å². The van der Waals surface area contributed by atoms with E-state index in [9.17, 15) is 14.4 Å². The number of carbonyl (C=O) groups excluding carboxylic acids is 3. The van der Waals surface area contributed by atoms with E-state index < -0.39 is 24.1 Å². The Balaban J connectivity index is 1.19. The van der Waals surface area contributed by atoms with Gasteiger partial charge in [0.2, 0.25) is 12.7 Å². The van der Waals surface area contributed by atoms with Crippen molar-refractivity contribution in [2.45, 2.75) is 18.8 Å². The zero-order valence-electron chi connectivity index (χ0n) is 17.3. The summed E-state index contributed by atoms with van der Waals surface area (Å²) in [7, 11) is 2.99. The molecule has 3 aliphatic heterocycles. The molecule has 1 N–H and O–H groups in total. The van der Waals surface area contributed by atoms with Crippen LogP contribution < -0.4 is 14.8 Å². The number of fused-ring (bicyclic) bond motifs is 2. The third-order valence-electron chi connectivity index (χ3n) is 5.59. The summed E-state index contributed by atoms with van der Waals surface area (Å²) >= 11 is 0. The Morgan fingerprint density at radius 2 is 2.00 bits per heavy atom. The topological polar surface area (TPSA) is 130 Å². The Bertz CT molecular complexity index is 1130. The minimum Gasteiger partial charge on any atom is -0.454 e. The number of imide groups is 1. The molecule has 0 aliphatic carbocycles. The molecular formula is C20H20N6O6. The predicted molar refractivity (Wildman–Crippen MR) is 109 cm³/mol. The van der Waals surface area contributed by atoms with Gasteiger partial charge in [0, 0.05) is 25.7 Å². The normalized spacial score (nSPS) is 21.4. The number of hydrogen-bond donors (Lipinski definition) is 1. The van der Waals surface area contributed by atoms with Gasteiger partial charge in [0.25, 0.3) is 5.91 Å². The molecule has 5 rings (SSSR count). The van der Waals surface area contributed by atoms with Gasteiger partial charge >= 0.3 is 6.03 Å². The van der Waals surface area contributed by atoms with E-state index in [1.54, 1.807) is 25.2 Å². The van der Waals surface area contributed by atoms with Gasteiger partial charge in [-0.15, -0.1) is 0 Å². The lowest BCUT2D eigenvalue weighted by Gasteiger charge is -2.39. The van der Waals surface area contributed by atoms with Gasteiger partial charge in [-0.2, -0.15) is 0 Å². The maximum atomic E-state index is 12.5. The van der Waals surface area contributed by atoms with Crippen molar-refractivity contribution in [1.29, 1.82) is 0 Å². The number of hydrogen-bond acceptors (Lipinski definition) is 9. The number of urea groups is 1. The highest BCUT2D eigenvalue weighted by Crippen LogP contribution is 2.36. The summed E-state index contributed by atoms with van der Waals surface area (Å²) in [6.45, 7) is 0.252. The molecule has 12 nitrogen and oxygen atoms in total. The second-order valence-electron chi connectivity index (χ2n) is 7.61. The van der Waals surface area contributed by atoms with Crippen LogP contribution in [0.15, 0.2) is 33.8 Å². The molecule has 12 heteroatoms. The summed E-state index contributed by atoms with van der Waals surface area (Å²) in [6.07, 6.45) is 0.794. The van der Waals surface area contributed by atoms with Crippen LogP contribution in [0.3, 0.4) is 0 Å². The smallest absolute Gasteiger partial charge is 0.328 e. The fourth-order valence-corrected chi connectivity index (χ4v) is 3.83. The van der Waals surface area contributed by atoms with E-state index in [2.05, 4.69) is 15.5 Å². The van der Waals surface area contributed by atoms with Crippen LogP contribution in [0.2, 0.25) is 0 Å². The number of ether oxygens (including phenoxy) is 2. The molecule has 0 bridgehead atoms. The number of nitrogens with zero attached hydrogens (tertiary/aromatic N) is 5. The first-order valence-corrected chi connectivity index (χ1v) is 9.88. The fraction of sp³-hybridized carbons (Fsp3) is 0.350. The van der Waals surface area contributed by atoms with Gasteiger partial charge in [-0.1, -0.05) is 5.16 Å². The first-order chi connectivity index (χ1) is 15.4. The third kappa shape index (κ3) is 3.29. The first-order valence-electron chi connectivity index (χ1n) is 9.88. The number of benzene rings is 1. The molecule has 1 fully saturated rings. The molecule has 1 aromatic carbocycles. The molecular weight excluding hydrogens is 420 g/mol. The van der Waals surface area contributed by atoms with E-state index >= 15 is 0 Å². The van der Waals surface area contributed by atoms with Crippen LogP contribution >= 0.6 is 0 Å². The summed E-state index contributed by atoms with van der Waals surface area (Å²) in [5.41, 5.74) is 1.31. The summed E-state index contributed by atoms with van der Waals surface area (Å²) < 4.78 is 16.0. The van der Waals surface area contributed by atoms with Crippen molar-refractivity contribution in [3.05, 3.63) is 30.0 Å². The summed E-state index contributed by atoms with van der Waals surface area (Å²) in [4.78, 5) is 45.2. The van der Waals surface area contributed by atoms with Gasteiger partial charge in [0.05, 0.1) is 19.4 Å². The van der Waals surface area contributed by atoms with E-state index in [1.807, 2.05) is 6.07 Å². The molecule has 4 amide bonds.